The Balaban J connectivity index is 2.95. The maximum atomic E-state index is 11.4. The molecular weight excluding hydrogens is 152 g/mol. The molecule has 2 heteroatoms. The fourth-order valence-electron chi connectivity index (χ4n) is 1.71. The van der Waals surface area contributed by atoms with Gasteiger partial charge in [0.05, 0.1) is 0 Å². The lowest BCUT2D eigenvalue weighted by molar-refractivity contribution is -0.153. The van der Waals surface area contributed by atoms with Gasteiger partial charge in [-0.3, -0.25) is 0 Å². The van der Waals surface area contributed by atoms with Gasteiger partial charge in [-0.2, -0.15) is 0 Å². The van der Waals surface area contributed by atoms with E-state index < -0.39 is 0 Å². The molecule has 0 aromatic heterocycles. The number of rotatable bonds is 1. The number of hydrogen-bond donors (Lipinski definition) is 0. The van der Waals surface area contributed by atoms with E-state index >= 15 is 0 Å². The van der Waals surface area contributed by atoms with E-state index in [1.54, 1.807) is 0 Å². The summed E-state index contributed by atoms with van der Waals surface area (Å²) in [5.41, 5.74) is 1.73. The zero-order chi connectivity index (χ0) is 9.35. The van der Waals surface area contributed by atoms with Crippen LogP contribution in [0, 0.1) is 0 Å². The van der Waals surface area contributed by atoms with E-state index in [1.165, 1.54) is 5.57 Å². The van der Waals surface area contributed by atoms with Gasteiger partial charge in [-0.15, -0.1) is 0 Å². The third-order valence-electron chi connectivity index (χ3n) is 2.17. The van der Waals surface area contributed by atoms with Crippen molar-refractivity contribution in [3.63, 3.8) is 0 Å². The minimum Gasteiger partial charge on any atom is -0.456 e. The lowest BCUT2D eigenvalue weighted by Gasteiger charge is -2.31. The van der Waals surface area contributed by atoms with Crippen molar-refractivity contribution in [3.8, 4) is 0 Å². The van der Waals surface area contributed by atoms with Gasteiger partial charge in [0.15, 0.2) is 0 Å². The number of hydrogen-bond acceptors (Lipinski definition) is 2. The molecule has 0 radical (unpaired) electrons. The summed E-state index contributed by atoms with van der Waals surface area (Å²) in [5.74, 6) is -0.133. The first-order chi connectivity index (χ1) is 5.46. The summed E-state index contributed by atoms with van der Waals surface area (Å²) in [4.78, 5) is 11.4. The van der Waals surface area contributed by atoms with Crippen molar-refractivity contribution < 1.29 is 9.53 Å². The Hall–Kier alpha value is -0.790. The molecule has 1 rings (SSSR count). The highest BCUT2D eigenvalue weighted by Gasteiger charge is 2.31. The first kappa shape index (κ1) is 9.30. The van der Waals surface area contributed by atoms with E-state index in [-0.39, 0.29) is 11.6 Å². The molecule has 0 aliphatic carbocycles. The third kappa shape index (κ3) is 1.68. The highest BCUT2D eigenvalue weighted by atomic mass is 16.6. The van der Waals surface area contributed by atoms with Crippen LogP contribution in [0.4, 0.5) is 0 Å². The second-order valence-electron chi connectivity index (χ2n) is 3.94. The van der Waals surface area contributed by atoms with E-state index in [2.05, 4.69) is 0 Å². The number of carbonyl (C=O) groups excluding carboxylic acids is 1. The minimum absolute atomic E-state index is 0.133. The maximum Gasteiger partial charge on any atom is 0.334 e. The van der Waals surface area contributed by atoms with Crippen LogP contribution in [0.15, 0.2) is 11.1 Å². The van der Waals surface area contributed by atoms with E-state index in [4.69, 9.17) is 4.74 Å². The number of cyclic esters (lactones) is 1. The number of carbonyl (C=O) groups is 1. The third-order valence-corrected chi connectivity index (χ3v) is 2.17. The lowest BCUT2D eigenvalue weighted by atomic mass is 9.91. The van der Waals surface area contributed by atoms with Crippen molar-refractivity contribution in [2.45, 2.75) is 46.1 Å². The molecule has 1 aliphatic heterocycles. The van der Waals surface area contributed by atoms with Crippen LogP contribution in [0.25, 0.3) is 0 Å². The van der Waals surface area contributed by atoms with Gasteiger partial charge in [0.2, 0.25) is 0 Å². The maximum absolute atomic E-state index is 11.4. The summed E-state index contributed by atoms with van der Waals surface area (Å²) in [7, 11) is 0. The van der Waals surface area contributed by atoms with Crippen molar-refractivity contribution in [2.75, 3.05) is 0 Å². The summed E-state index contributed by atoms with van der Waals surface area (Å²) in [6.07, 6.45) is 1.64. The van der Waals surface area contributed by atoms with Gasteiger partial charge in [-0.1, -0.05) is 12.5 Å². The summed E-state index contributed by atoms with van der Waals surface area (Å²) in [5, 5.41) is 0. The molecule has 0 atom stereocenters. The molecule has 0 amide bonds. The van der Waals surface area contributed by atoms with Gasteiger partial charge in [0.25, 0.3) is 0 Å². The molecule has 0 aromatic carbocycles. The molecule has 0 fully saturated rings. The molecule has 1 heterocycles. The molecule has 2 nitrogen and oxygen atoms in total. The van der Waals surface area contributed by atoms with Crippen molar-refractivity contribution in [2.24, 2.45) is 0 Å². The average Bonchev–Trinajstić information content (AvgIpc) is 1.82. The molecule has 0 saturated carbocycles. The van der Waals surface area contributed by atoms with Crippen molar-refractivity contribution in [1.29, 1.82) is 0 Å². The smallest absolute Gasteiger partial charge is 0.334 e. The van der Waals surface area contributed by atoms with Gasteiger partial charge < -0.3 is 4.74 Å². The molecule has 0 aromatic rings. The molecule has 0 unspecified atom stereocenters. The summed E-state index contributed by atoms with van der Waals surface area (Å²) in [6, 6.07) is 0. The van der Waals surface area contributed by atoms with Crippen LogP contribution < -0.4 is 0 Å². The first-order valence-corrected chi connectivity index (χ1v) is 4.38. The van der Waals surface area contributed by atoms with Crippen LogP contribution in [-0.2, 0) is 9.53 Å². The Labute approximate surface area is 73.6 Å². The lowest BCUT2D eigenvalue weighted by Crippen LogP contribution is -2.33. The molecule has 0 spiro atoms. The fraction of sp³-hybridized carbons (Fsp3) is 0.700. The van der Waals surface area contributed by atoms with Gasteiger partial charge in [0.1, 0.15) is 5.60 Å². The molecule has 68 valence electrons. The molecule has 0 bridgehead atoms. The van der Waals surface area contributed by atoms with Crippen molar-refractivity contribution >= 4 is 5.97 Å². The zero-order valence-corrected chi connectivity index (χ0v) is 8.23. The minimum atomic E-state index is -0.306. The van der Waals surface area contributed by atoms with E-state index in [0.29, 0.717) is 0 Å². The number of esters is 1. The Kier molecular flexibility index (Phi) is 2.27. The largest absolute Gasteiger partial charge is 0.456 e. The molecule has 0 saturated heterocycles. The SMILES string of the molecule is CCC1=C(C)CC(C)(C)OC1=O. The van der Waals surface area contributed by atoms with E-state index in [0.717, 1.165) is 18.4 Å². The Morgan fingerprint density at radius 3 is 2.50 bits per heavy atom. The van der Waals surface area contributed by atoms with E-state index in [1.807, 2.05) is 27.7 Å². The van der Waals surface area contributed by atoms with Crippen LogP contribution in [0.5, 0.6) is 0 Å². The summed E-state index contributed by atoms with van der Waals surface area (Å²) < 4.78 is 5.25. The predicted molar refractivity (Wildman–Crippen MR) is 47.8 cm³/mol. The van der Waals surface area contributed by atoms with Gasteiger partial charge in [-0.05, 0) is 27.2 Å². The Morgan fingerprint density at radius 2 is 2.08 bits per heavy atom. The standard InChI is InChI=1S/C10H16O2/c1-5-8-7(2)6-10(3,4)12-9(8)11/h5-6H2,1-4H3. The zero-order valence-electron chi connectivity index (χ0n) is 8.23. The van der Waals surface area contributed by atoms with E-state index in [9.17, 15) is 4.79 Å². The van der Waals surface area contributed by atoms with Crippen molar-refractivity contribution in [1.82, 2.24) is 0 Å². The van der Waals surface area contributed by atoms with Gasteiger partial charge in [0, 0.05) is 12.0 Å². The second kappa shape index (κ2) is 2.92. The summed E-state index contributed by atoms with van der Waals surface area (Å²) >= 11 is 0. The fourth-order valence-corrected chi connectivity index (χ4v) is 1.71. The average molecular weight is 168 g/mol. The molecule has 12 heavy (non-hydrogen) atoms. The second-order valence-corrected chi connectivity index (χ2v) is 3.94. The molecular formula is C10H16O2. The van der Waals surface area contributed by atoms with Gasteiger partial charge >= 0.3 is 5.97 Å². The highest BCUT2D eigenvalue weighted by Crippen LogP contribution is 2.30. The Bertz CT molecular complexity index is 236. The molecule has 0 N–H and O–H groups in total. The topological polar surface area (TPSA) is 26.3 Å². The predicted octanol–water partition coefficient (Wildman–Crippen LogP) is 2.44. The van der Waals surface area contributed by atoms with Crippen LogP contribution in [0.3, 0.4) is 0 Å². The monoisotopic (exact) mass is 168 g/mol. The van der Waals surface area contributed by atoms with Gasteiger partial charge in [-0.25, -0.2) is 4.79 Å². The highest BCUT2D eigenvalue weighted by molar-refractivity contribution is 5.90. The summed E-state index contributed by atoms with van der Waals surface area (Å²) in [6.45, 7) is 7.89. The number of ether oxygens (including phenoxy) is 1. The van der Waals surface area contributed by atoms with Crippen LogP contribution >= 0.6 is 0 Å². The molecule has 1 aliphatic rings. The normalized spacial score (nSPS) is 22.5. The first-order valence-electron chi connectivity index (χ1n) is 4.38. The Morgan fingerprint density at radius 1 is 1.50 bits per heavy atom. The van der Waals surface area contributed by atoms with Crippen molar-refractivity contribution in [3.05, 3.63) is 11.1 Å². The van der Waals surface area contributed by atoms with Crippen LogP contribution in [-0.4, -0.2) is 11.6 Å². The van der Waals surface area contributed by atoms with Crippen LogP contribution in [0.1, 0.15) is 40.5 Å². The quantitative estimate of drug-likeness (QED) is 0.562. The van der Waals surface area contributed by atoms with Crippen LogP contribution in [0.2, 0.25) is 0 Å².